The van der Waals surface area contributed by atoms with Crippen molar-refractivity contribution in [1.29, 1.82) is 0 Å². The predicted octanol–water partition coefficient (Wildman–Crippen LogP) is 4.02. The summed E-state index contributed by atoms with van der Waals surface area (Å²) in [6.45, 7) is 2.49. The summed E-state index contributed by atoms with van der Waals surface area (Å²) >= 11 is 1.46. The molecule has 0 N–H and O–H groups in total. The summed E-state index contributed by atoms with van der Waals surface area (Å²) in [5.41, 5.74) is 1.10. The molecule has 1 atom stereocenters. The number of hydrogen-bond acceptors (Lipinski definition) is 7. The molecule has 9 heteroatoms. The monoisotopic (exact) mass is 466 g/mol. The predicted molar refractivity (Wildman–Crippen MR) is 122 cm³/mol. The number of ether oxygens (including phenoxy) is 2. The number of hydrogen-bond donors (Lipinski definition) is 0. The second-order valence-electron chi connectivity index (χ2n) is 8.72. The minimum Gasteiger partial charge on any atom is -0.486 e. The van der Waals surface area contributed by atoms with E-state index < -0.39 is 0 Å². The van der Waals surface area contributed by atoms with Crippen LogP contribution in [0.15, 0.2) is 46.2 Å². The number of rotatable bonds is 7. The number of amides is 1. The highest BCUT2D eigenvalue weighted by molar-refractivity contribution is 7.99. The van der Waals surface area contributed by atoms with Gasteiger partial charge in [-0.1, -0.05) is 17.8 Å². The number of benzene rings is 1. The summed E-state index contributed by atoms with van der Waals surface area (Å²) in [6, 6.07) is 9.95. The number of carbonyl (C=O) groups is 1. The Labute approximate surface area is 196 Å². The summed E-state index contributed by atoms with van der Waals surface area (Å²) in [7, 11) is 0. The fourth-order valence-corrected chi connectivity index (χ4v) is 5.48. The standard InChI is InChI=1S/C24H26N4O4S/c29-22(27-9-1-4-19(27)17-7-8-20-21(13-17)32-12-11-31-20)15-33-24-26-25-23(16-5-6-16)28(24)14-18-3-2-10-30-18/h2-3,7-8,10,13,16,19H,1,4-6,9,11-12,14-15H2. The van der Waals surface area contributed by atoms with Gasteiger partial charge in [0.15, 0.2) is 16.7 Å². The Morgan fingerprint density at radius 1 is 1.09 bits per heavy atom. The van der Waals surface area contributed by atoms with E-state index in [1.54, 1.807) is 6.26 Å². The normalized spacial score (nSPS) is 19.8. The van der Waals surface area contributed by atoms with Crippen LogP contribution in [-0.4, -0.2) is 51.1 Å². The molecule has 1 unspecified atom stereocenters. The smallest absolute Gasteiger partial charge is 0.233 e. The maximum absolute atomic E-state index is 13.2. The highest BCUT2D eigenvalue weighted by Gasteiger charge is 2.33. The average Bonchev–Trinajstić information content (AvgIpc) is 3.22. The van der Waals surface area contributed by atoms with E-state index in [1.165, 1.54) is 11.8 Å². The second kappa shape index (κ2) is 8.78. The molecule has 3 aromatic rings. The van der Waals surface area contributed by atoms with Crippen molar-refractivity contribution in [3.8, 4) is 11.5 Å². The number of thioether (sulfide) groups is 1. The molecule has 2 fully saturated rings. The molecule has 3 aliphatic rings. The molecule has 0 radical (unpaired) electrons. The number of carbonyl (C=O) groups excluding carboxylic acids is 1. The van der Waals surface area contributed by atoms with E-state index in [0.717, 1.165) is 66.0 Å². The van der Waals surface area contributed by atoms with E-state index in [0.29, 0.717) is 31.4 Å². The number of nitrogens with zero attached hydrogens (tertiary/aromatic N) is 4. The quantitative estimate of drug-likeness (QED) is 0.486. The van der Waals surface area contributed by atoms with E-state index in [-0.39, 0.29) is 11.9 Å². The lowest BCUT2D eigenvalue weighted by Gasteiger charge is -2.26. The summed E-state index contributed by atoms with van der Waals surface area (Å²) in [4.78, 5) is 15.2. The third-order valence-corrected chi connectivity index (χ3v) is 7.38. The zero-order chi connectivity index (χ0) is 22.2. The van der Waals surface area contributed by atoms with Crippen LogP contribution in [0, 0.1) is 0 Å². The zero-order valence-electron chi connectivity index (χ0n) is 18.3. The Balaban J connectivity index is 1.16. The van der Waals surface area contributed by atoms with E-state index in [2.05, 4.69) is 20.8 Å². The summed E-state index contributed by atoms with van der Waals surface area (Å²) < 4.78 is 19.0. The van der Waals surface area contributed by atoms with Gasteiger partial charge in [-0.3, -0.25) is 9.36 Å². The maximum Gasteiger partial charge on any atom is 0.233 e. The van der Waals surface area contributed by atoms with Crippen molar-refractivity contribution in [2.75, 3.05) is 25.5 Å². The number of furan rings is 1. The van der Waals surface area contributed by atoms with Gasteiger partial charge >= 0.3 is 0 Å². The molecule has 2 aliphatic heterocycles. The number of aromatic nitrogens is 3. The molecule has 1 saturated carbocycles. The van der Waals surface area contributed by atoms with Crippen LogP contribution in [0.1, 0.15) is 54.8 Å². The minimum atomic E-state index is 0.0666. The van der Waals surface area contributed by atoms with Crippen molar-refractivity contribution in [3.63, 3.8) is 0 Å². The second-order valence-corrected chi connectivity index (χ2v) is 9.66. The molecular formula is C24H26N4O4S. The summed E-state index contributed by atoms with van der Waals surface area (Å²) in [5.74, 6) is 4.33. The van der Waals surface area contributed by atoms with Gasteiger partial charge in [0, 0.05) is 12.5 Å². The van der Waals surface area contributed by atoms with Crippen molar-refractivity contribution in [2.24, 2.45) is 0 Å². The third kappa shape index (κ3) is 4.21. The van der Waals surface area contributed by atoms with Gasteiger partial charge in [-0.15, -0.1) is 10.2 Å². The first-order valence-electron chi connectivity index (χ1n) is 11.5. The van der Waals surface area contributed by atoms with Crippen LogP contribution in [0.3, 0.4) is 0 Å². The molecule has 1 aliphatic carbocycles. The summed E-state index contributed by atoms with van der Waals surface area (Å²) in [5, 5.41) is 9.63. The van der Waals surface area contributed by atoms with Gasteiger partial charge in [0.2, 0.25) is 5.91 Å². The van der Waals surface area contributed by atoms with Crippen LogP contribution in [0.5, 0.6) is 11.5 Å². The molecule has 8 nitrogen and oxygen atoms in total. The molecule has 172 valence electrons. The van der Waals surface area contributed by atoms with Gasteiger partial charge in [0.1, 0.15) is 24.8 Å². The van der Waals surface area contributed by atoms with E-state index in [9.17, 15) is 4.79 Å². The molecular weight excluding hydrogens is 440 g/mol. The zero-order valence-corrected chi connectivity index (χ0v) is 19.1. The topological polar surface area (TPSA) is 82.6 Å². The fourth-order valence-electron chi connectivity index (χ4n) is 4.65. The van der Waals surface area contributed by atoms with Crippen molar-refractivity contribution in [1.82, 2.24) is 19.7 Å². The molecule has 0 bridgehead atoms. The average molecular weight is 467 g/mol. The highest BCUT2D eigenvalue weighted by Crippen LogP contribution is 2.41. The van der Waals surface area contributed by atoms with Crippen molar-refractivity contribution < 1.29 is 18.7 Å². The minimum absolute atomic E-state index is 0.0666. The van der Waals surface area contributed by atoms with Crippen LogP contribution in [0.25, 0.3) is 0 Å². The van der Waals surface area contributed by atoms with Crippen LogP contribution >= 0.6 is 11.8 Å². The van der Waals surface area contributed by atoms with E-state index >= 15 is 0 Å². The lowest BCUT2D eigenvalue weighted by Crippen LogP contribution is -2.32. The van der Waals surface area contributed by atoms with Crippen LogP contribution in [0.2, 0.25) is 0 Å². The van der Waals surface area contributed by atoms with Gasteiger partial charge < -0.3 is 18.8 Å². The molecule has 4 heterocycles. The van der Waals surface area contributed by atoms with E-state index in [4.69, 9.17) is 13.9 Å². The molecule has 2 aromatic heterocycles. The van der Waals surface area contributed by atoms with E-state index in [1.807, 2.05) is 29.2 Å². The van der Waals surface area contributed by atoms with Gasteiger partial charge in [-0.05, 0) is 55.5 Å². The Morgan fingerprint density at radius 2 is 1.97 bits per heavy atom. The summed E-state index contributed by atoms with van der Waals surface area (Å²) in [6.07, 6.45) is 5.92. The Kier molecular flexibility index (Phi) is 5.49. The Hall–Kier alpha value is -2.94. The largest absolute Gasteiger partial charge is 0.486 e. The molecule has 0 spiro atoms. The highest BCUT2D eigenvalue weighted by atomic mass is 32.2. The number of fused-ring (bicyclic) bond motifs is 1. The van der Waals surface area contributed by atoms with Gasteiger partial charge in [-0.2, -0.15) is 0 Å². The molecule has 1 amide bonds. The van der Waals surface area contributed by atoms with Gasteiger partial charge in [0.05, 0.1) is 24.6 Å². The Bertz CT molecular complexity index is 1140. The van der Waals surface area contributed by atoms with Gasteiger partial charge in [0.25, 0.3) is 0 Å². The van der Waals surface area contributed by atoms with Crippen LogP contribution in [-0.2, 0) is 11.3 Å². The Morgan fingerprint density at radius 3 is 2.79 bits per heavy atom. The van der Waals surface area contributed by atoms with Crippen LogP contribution in [0.4, 0.5) is 0 Å². The first kappa shape index (κ1) is 20.7. The SMILES string of the molecule is O=C(CSc1nnc(C2CC2)n1Cc1ccco1)N1CCCC1c1ccc2c(c1)OCCO2. The molecule has 1 aromatic carbocycles. The van der Waals surface area contributed by atoms with Crippen molar-refractivity contribution in [2.45, 2.75) is 49.3 Å². The maximum atomic E-state index is 13.2. The first-order chi connectivity index (χ1) is 16.3. The van der Waals surface area contributed by atoms with Crippen molar-refractivity contribution >= 4 is 17.7 Å². The van der Waals surface area contributed by atoms with Crippen LogP contribution < -0.4 is 9.47 Å². The number of likely N-dealkylation sites (tertiary alicyclic amines) is 1. The fraction of sp³-hybridized carbons (Fsp3) is 0.458. The van der Waals surface area contributed by atoms with Crippen molar-refractivity contribution in [3.05, 3.63) is 53.7 Å². The molecule has 1 saturated heterocycles. The lowest BCUT2D eigenvalue weighted by molar-refractivity contribution is -0.129. The third-order valence-electron chi connectivity index (χ3n) is 6.43. The lowest BCUT2D eigenvalue weighted by atomic mass is 10.0. The first-order valence-corrected chi connectivity index (χ1v) is 12.5. The molecule has 33 heavy (non-hydrogen) atoms. The van der Waals surface area contributed by atoms with Gasteiger partial charge in [-0.25, -0.2) is 0 Å². The molecule has 6 rings (SSSR count).